The minimum atomic E-state index is 0. The van der Waals surface area contributed by atoms with Gasteiger partial charge in [0.05, 0.1) is 0 Å². The molecular weight excluding hydrogens is 236 g/mol. The molecule has 0 radical (unpaired) electrons. The fourth-order valence-corrected chi connectivity index (χ4v) is 2.31. The van der Waals surface area contributed by atoms with Crippen LogP contribution in [-0.4, -0.2) is 37.5 Å². The van der Waals surface area contributed by atoms with E-state index in [1.165, 1.54) is 12.8 Å². The summed E-state index contributed by atoms with van der Waals surface area (Å²) >= 11 is 0. The second-order valence-electron chi connectivity index (χ2n) is 4.83. The molecule has 1 amide bonds. The summed E-state index contributed by atoms with van der Waals surface area (Å²) in [6.07, 6.45) is 4.86. The molecule has 0 aromatic rings. The smallest absolute Gasteiger partial charge is 0.222 e. The lowest BCUT2D eigenvalue weighted by Gasteiger charge is -2.29. The van der Waals surface area contributed by atoms with Crippen LogP contribution in [0.1, 0.15) is 26.2 Å². The van der Waals surface area contributed by atoms with Gasteiger partial charge in [-0.25, -0.2) is 0 Å². The van der Waals surface area contributed by atoms with Crippen LogP contribution in [0.25, 0.3) is 0 Å². The molecule has 1 aliphatic heterocycles. The number of hydrogen-bond acceptors (Lipinski definition) is 2. The molecule has 1 fully saturated rings. The fraction of sp³-hybridized carbons (Fsp3) is 0.769. The number of piperidine rings is 1. The number of rotatable bonds is 5. The lowest BCUT2D eigenvalue weighted by Crippen LogP contribution is -2.34. The average molecular weight is 261 g/mol. The molecule has 0 spiro atoms. The zero-order valence-electron chi connectivity index (χ0n) is 10.9. The Morgan fingerprint density at radius 1 is 1.53 bits per heavy atom. The Morgan fingerprint density at radius 2 is 2.12 bits per heavy atom. The normalized spacial score (nSPS) is 18.0. The van der Waals surface area contributed by atoms with E-state index in [-0.39, 0.29) is 18.3 Å². The molecule has 1 heterocycles. The summed E-state index contributed by atoms with van der Waals surface area (Å²) in [7, 11) is 1.85. The van der Waals surface area contributed by atoms with Crippen LogP contribution >= 0.6 is 12.4 Å². The predicted octanol–water partition coefficient (Wildman–Crippen LogP) is 2.08. The van der Waals surface area contributed by atoms with Gasteiger partial charge >= 0.3 is 0 Å². The Kier molecular flexibility index (Phi) is 8.26. The minimum absolute atomic E-state index is 0. The van der Waals surface area contributed by atoms with Crippen LogP contribution in [0.15, 0.2) is 12.7 Å². The Bertz CT molecular complexity index is 240. The lowest BCUT2D eigenvalue weighted by molar-refractivity contribution is -0.130. The highest BCUT2D eigenvalue weighted by molar-refractivity contribution is 5.85. The summed E-state index contributed by atoms with van der Waals surface area (Å²) < 4.78 is 0. The summed E-state index contributed by atoms with van der Waals surface area (Å²) in [5.41, 5.74) is 0. The highest BCUT2D eigenvalue weighted by atomic mass is 35.5. The van der Waals surface area contributed by atoms with Crippen molar-refractivity contribution >= 4 is 18.3 Å². The molecule has 1 unspecified atom stereocenters. The largest absolute Gasteiger partial charge is 0.342 e. The van der Waals surface area contributed by atoms with Crippen molar-refractivity contribution in [2.24, 2.45) is 11.8 Å². The van der Waals surface area contributed by atoms with Crippen LogP contribution in [0.4, 0.5) is 0 Å². The summed E-state index contributed by atoms with van der Waals surface area (Å²) in [6.45, 7) is 8.71. The number of amides is 1. The van der Waals surface area contributed by atoms with E-state index >= 15 is 0 Å². The van der Waals surface area contributed by atoms with Gasteiger partial charge in [-0.05, 0) is 37.8 Å². The molecule has 0 aromatic carbocycles. The van der Waals surface area contributed by atoms with Gasteiger partial charge in [-0.15, -0.1) is 19.0 Å². The van der Waals surface area contributed by atoms with Crippen LogP contribution in [0.2, 0.25) is 0 Å². The maximum absolute atomic E-state index is 11.8. The molecular formula is C13H25ClN2O. The van der Waals surface area contributed by atoms with Crippen molar-refractivity contribution < 1.29 is 4.79 Å². The summed E-state index contributed by atoms with van der Waals surface area (Å²) in [5.74, 6) is 1.45. The average Bonchev–Trinajstić information content (AvgIpc) is 2.30. The molecule has 0 aromatic heterocycles. The molecule has 0 saturated carbocycles. The van der Waals surface area contributed by atoms with E-state index in [1.54, 1.807) is 11.0 Å². The molecule has 0 aliphatic carbocycles. The zero-order chi connectivity index (χ0) is 12.0. The predicted molar refractivity (Wildman–Crippen MR) is 74.5 cm³/mol. The first-order valence-electron chi connectivity index (χ1n) is 6.20. The molecule has 1 rings (SSSR count). The van der Waals surface area contributed by atoms with E-state index in [1.807, 2.05) is 7.05 Å². The van der Waals surface area contributed by atoms with Crippen LogP contribution in [0.5, 0.6) is 0 Å². The monoisotopic (exact) mass is 260 g/mol. The van der Waals surface area contributed by atoms with E-state index in [4.69, 9.17) is 0 Å². The number of carbonyl (C=O) groups excluding carboxylic acids is 1. The first-order chi connectivity index (χ1) is 7.65. The van der Waals surface area contributed by atoms with Crippen molar-refractivity contribution in [1.82, 2.24) is 10.2 Å². The third-order valence-electron chi connectivity index (χ3n) is 3.51. The number of halogens is 1. The van der Waals surface area contributed by atoms with Gasteiger partial charge in [0.2, 0.25) is 5.91 Å². The molecule has 0 bridgehead atoms. The van der Waals surface area contributed by atoms with E-state index in [2.05, 4.69) is 18.8 Å². The molecule has 1 atom stereocenters. The van der Waals surface area contributed by atoms with Gasteiger partial charge in [0.25, 0.3) is 0 Å². The summed E-state index contributed by atoms with van der Waals surface area (Å²) in [4.78, 5) is 13.6. The number of nitrogens with zero attached hydrogens (tertiary/aromatic N) is 1. The Balaban J connectivity index is 0.00000256. The van der Waals surface area contributed by atoms with Gasteiger partial charge in [0.1, 0.15) is 0 Å². The minimum Gasteiger partial charge on any atom is -0.342 e. The van der Waals surface area contributed by atoms with Gasteiger partial charge in [0, 0.05) is 20.0 Å². The summed E-state index contributed by atoms with van der Waals surface area (Å²) in [5, 5.41) is 3.36. The number of nitrogens with one attached hydrogen (secondary N) is 1. The van der Waals surface area contributed by atoms with Crippen LogP contribution in [-0.2, 0) is 4.79 Å². The highest BCUT2D eigenvalue weighted by Gasteiger charge is 2.22. The van der Waals surface area contributed by atoms with E-state index in [0.29, 0.717) is 24.8 Å². The summed E-state index contributed by atoms with van der Waals surface area (Å²) in [6, 6.07) is 0. The topological polar surface area (TPSA) is 32.3 Å². The quantitative estimate of drug-likeness (QED) is 0.768. The first kappa shape index (κ1) is 16.5. The van der Waals surface area contributed by atoms with Crippen molar-refractivity contribution in [3.05, 3.63) is 12.7 Å². The van der Waals surface area contributed by atoms with E-state index in [0.717, 1.165) is 13.1 Å². The van der Waals surface area contributed by atoms with Crippen molar-refractivity contribution in [3.63, 3.8) is 0 Å². The van der Waals surface area contributed by atoms with E-state index in [9.17, 15) is 4.79 Å². The van der Waals surface area contributed by atoms with Gasteiger partial charge in [-0.2, -0.15) is 0 Å². The van der Waals surface area contributed by atoms with Crippen molar-refractivity contribution in [3.8, 4) is 0 Å². The maximum atomic E-state index is 11.8. The van der Waals surface area contributed by atoms with Crippen molar-refractivity contribution in [2.75, 3.05) is 26.7 Å². The SMILES string of the molecule is C=CCN(C)C(=O)CC(C)C1CCNCC1.Cl. The van der Waals surface area contributed by atoms with Crippen LogP contribution < -0.4 is 5.32 Å². The third-order valence-corrected chi connectivity index (χ3v) is 3.51. The van der Waals surface area contributed by atoms with Crippen LogP contribution in [0.3, 0.4) is 0 Å². The van der Waals surface area contributed by atoms with Gasteiger partial charge in [-0.1, -0.05) is 13.0 Å². The molecule has 1 saturated heterocycles. The first-order valence-corrected chi connectivity index (χ1v) is 6.20. The number of carbonyl (C=O) groups is 1. The number of hydrogen-bond donors (Lipinski definition) is 1. The third kappa shape index (κ3) is 5.55. The standard InChI is InChI=1S/C13H24N2O.ClH/c1-4-9-15(3)13(16)10-11(2)12-5-7-14-8-6-12;/h4,11-12,14H,1,5-10H2,2-3H3;1H. The zero-order valence-corrected chi connectivity index (χ0v) is 11.8. The van der Waals surface area contributed by atoms with E-state index < -0.39 is 0 Å². The molecule has 17 heavy (non-hydrogen) atoms. The molecule has 100 valence electrons. The molecule has 1 N–H and O–H groups in total. The fourth-order valence-electron chi connectivity index (χ4n) is 2.31. The lowest BCUT2D eigenvalue weighted by atomic mass is 9.84. The highest BCUT2D eigenvalue weighted by Crippen LogP contribution is 2.24. The van der Waals surface area contributed by atoms with Crippen molar-refractivity contribution in [1.29, 1.82) is 0 Å². The number of likely N-dealkylation sites (N-methyl/N-ethyl adjacent to an activating group) is 1. The van der Waals surface area contributed by atoms with Gasteiger partial charge < -0.3 is 10.2 Å². The Morgan fingerprint density at radius 3 is 2.65 bits per heavy atom. The maximum Gasteiger partial charge on any atom is 0.222 e. The van der Waals surface area contributed by atoms with Crippen LogP contribution in [0, 0.1) is 11.8 Å². The van der Waals surface area contributed by atoms with Gasteiger partial charge in [0.15, 0.2) is 0 Å². The second kappa shape index (κ2) is 8.54. The Hall–Kier alpha value is -0.540. The Labute approximate surface area is 111 Å². The molecule has 3 nitrogen and oxygen atoms in total. The second-order valence-corrected chi connectivity index (χ2v) is 4.83. The van der Waals surface area contributed by atoms with Gasteiger partial charge in [-0.3, -0.25) is 4.79 Å². The molecule has 1 aliphatic rings. The molecule has 4 heteroatoms. The van der Waals surface area contributed by atoms with Crippen molar-refractivity contribution in [2.45, 2.75) is 26.2 Å².